The number of aryl methyl sites for hydroxylation is 2. The monoisotopic (exact) mass is 336 g/mol. The Kier molecular flexibility index (Phi) is 7.53. The number of nitrogens with one attached hydrogen (secondary N) is 1. The highest BCUT2D eigenvalue weighted by atomic mass is 16.5. The van der Waals surface area contributed by atoms with E-state index in [0.717, 1.165) is 37.2 Å². The Balaban J connectivity index is 1.59. The fraction of sp³-hybridized carbons (Fsp3) is 0.700. The summed E-state index contributed by atoms with van der Waals surface area (Å²) in [5, 5.41) is 10.2. The van der Waals surface area contributed by atoms with Crippen molar-refractivity contribution in [3.8, 4) is 5.75 Å². The van der Waals surface area contributed by atoms with E-state index in [-0.39, 0.29) is 6.10 Å². The molecule has 1 saturated heterocycles. The van der Waals surface area contributed by atoms with E-state index in [2.05, 4.69) is 33.8 Å². The van der Waals surface area contributed by atoms with E-state index < -0.39 is 0 Å². The zero-order valence-corrected chi connectivity index (χ0v) is 15.7. The summed E-state index contributed by atoms with van der Waals surface area (Å²) in [5.41, 5.74) is 2.50. The lowest BCUT2D eigenvalue weighted by atomic mass is 9.92. The van der Waals surface area contributed by atoms with Gasteiger partial charge in [-0.3, -0.25) is 0 Å². The van der Waals surface area contributed by atoms with Gasteiger partial charge in [0.1, 0.15) is 25.0 Å². The molecule has 0 radical (unpaired) electrons. The van der Waals surface area contributed by atoms with E-state index in [0.29, 0.717) is 19.8 Å². The molecule has 0 saturated carbocycles. The highest BCUT2D eigenvalue weighted by Gasteiger charge is 2.26. The molecular formula is C20H34NO3+. The van der Waals surface area contributed by atoms with Crippen LogP contribution in [0.4, 0.5) is 0 Å². The van der Waals surface area contributed by atoms with E-state index in [4.69, 9.17) is 9.47 Å². The van der Waals surface area contributed by atoms with Crippen LogP contribution in [0.15, 0.2) is 18.2 Å². The SMILES string of the molecule is Cc1ccc(OCCOC[C@H](O)C[NH+]2C[C@H](C)C[C@H](C)C2)cc1C. The Bertz CT molecular complexity index is 496. The topological polar surface area (TPSA) is 43.1 Å². The summed E-state index contributed by atoms with van der Waals surface area (Å²) in [6.07, 6.45) is 0.922. The number of hydrogen-bond acceptors (Lipinski definition) is 3. The van der Waals surface area contributed by atoms with Crippen molar-refractivity contribution < 1.29 is 19.5 Å². The van der Waals surface area contributed by atoms with Gasteiger partial charge in [-0.1, -0.05) is 19.9 Å². The number of piperidine rings is 1. The molecule has 136 valence electrons. The molecule has 1 aromatic carbocycles. The minimum absolute atomic E-state index is 0.390. The van der Waals surface area contributed by atoms with Crippen molar-refractivity contribution in [3.05, 3.63) is 29.3 Å². The molecule has 0 bridgehead atoms. The maximum absolute atomic E-state index is 10.2. The van der Waals surface area contributed by atoms with Crippen molar-refractivity contribution in [1.82, 2.24) is 0 Å². The van der Waals surface area contributed by atoms with Gasteiger partial charge in [-0.25, -0.2) is 0 Å². The van der Waals surface area contributed by atoms with Gasteiger partial charge in [-0.15, -0.1) is 0 Å². The second-order valence-corrected chi connectivity index (χ2v) is 7.63. The maximum Gasteiger partial charge on any atom is 0.126 e. The predicted molar refractivity (Wildman–Crippen MR) is 96.7 cm³/mol. The van der Waals surface area contributed by atoms with Gasteiger partial charge in [0, 0.05) is 11.8 Å². The normalized spacial score (nSPS) is 25.5. The number of rotatable bonds is 8. The molecule has 4 atom stereocenters. The molecule has 0 spiro atoms. The highest BCUT2D eigenvalue weighted by Crippen LogP contribution is 2.16. The van der Waals surface area contributed by atoms with Gasteiger partial charge in [0.15, 0.2) is 0 Å². The van der Waals surface area contributed by atoms with Gasteiger partial charge in [-0.2, -0.15) is 0 Å². The Morgan fingerprint density at radius 3 is 2.50 bits per heavy atom. The minimum atomic E-state index is -0.390. The third-order valence-electron chi connectivity index (χ3n) is 4.89. The molecule has 2 N–H and O–H groups in total. The Labute approximate surface area is 146 Å². The molecule has 0 aromatic heterocycles. The van der Waals surface area contributed by atoms with Gasteiger partial charge in [-0.05, 0) is 43.5 Å². The van der Waals surface area contributed by atoms with E-state index in [1.54, 1.807) is 0 Å². The lowest BCUT2D eigenvalue weighted by Gasteiger charge is -2.33. The van der Waals surface area contributed by atoms with Crippen LogP contribution in [0, 0.1) is 25.7 Å². The number of aliphatic hydroxyl groups is 1. The van der Waals surface area contributed by atoms with E-state index in [9.17, 15) is 5.11 Å². The average molecular weight is 336 g/mol. The molecule has 1 aliphatic rings. The molecule has 1 heterocycles. The van der Waals surface area contributed by atoms with Crippen LogP contribution in [0.5, 0.6) is 5.75 Å². The number of likely N-dealkylation sites (tertiary alicyclic amines) is 1. The number of aliphatic hydroxyl groups excluding tert-OH is 1. The average Bonchev–Trinajstić information content (AvgIpc) is 2.49. The van der Waals surface area contributed by atoms with Crippen LogP contribution in [0.3, 0.4) is 0 Å². The molecule has 1 aromatic rings. The van der Waals surface area contributed by atoms with Crippen molar-refractivity contribution in [2.24, 2.45) is 11.8 Å². The van der Waals surface area contributed by atoms with Gasteiger partial charge < -0.3 is 19.5 Å². The van der Waals surface area contributed by atoms with Gasteiger partial charge in [0.25, 0.3) is 0 Å². The van der Waals surface area contributed by atoms with Crippen molar-refractivity contribution in [3.63, 3.8) is 0 Å². The molecule has 4 heteroatoms. The summed E-state index contributed by atoms with van der Waals surface area (Å²) < 4.78 is 11.3. The number of hydrogen-bond donors (Lipinski definition) is 2. The molecule has 2 rings (SSSR count). The summed E-state index contributed by atoms with van der Waals surface area (Å²) in [7, 11) is 0. The second-order valence-electron chi connectivity index (χ2n) is 7.63. The van der Waals surface area contributed by atoms with Crippen LogP contribution in [-0.2, 0) is 4.74 Å². The third kappa shape index (κ3) is 6.42. The molecular weight excluding hydrogens is 302 g/mol. The van der Waals surface area contributed by atoms with Crippen LogP contribution < -0.4 is 9.64 Å². The van der Waals surface area contributed by atoms with Crippen molar-refractivity contribution in [1.29, 1.82) is 0 Å². The molecule has 24 heavy (non-hydrogen) atoms. The number of ether oxygens (including phenoxy) is 2. The Hall–Kier alpha value is -1.10. The predicted octanol–water partition coefficient (Wildman–Crippen LogP) is 1.62. The molecule has 1 fully saturated rings. The van der Waals surface area contributed by atoms with E-state index in [1.807, 2.05) is 12.1 Å². The van der Waals surface area contributed by atoms with Crippen molar-refractivity contribution >= 4 is 0 Å². The number of benzene rings is 1. The smallest absolute Gasteiger partial charge is 0.126 e. The minimum Gasteiger partial charge on any atom is -0.491 e. The van der Waals surface area contributed by atoms with Crippen molar-refractivity contribution in [2.45, 2.75) is 40.2 Å². The summed E-state index contributed by atoms with van der Waals surface area (Å²) in [5.74, 6) is 2.38. The first-order valence-corrected chi connectivity index (χ1v) is 9.23. The van der Waals surface area contributed by atoms with Crippen LogP contribution in [0.1, 0.15) is 31.4 Å². The Morgan fingerprint density at radius 1 is 1.12 bits per heavy atom. The highest BCUT2D eigenvalue weighted by molar-refractivity contribution is 5.33. The number of quaternary nitrogens is 1. The van der Waals surface area contributed by atoms with E-state index in [1.165, 1.54) is 22.4 Å². The molecule has 4 nitrogen and oxygen atoms in total. The Morgan fingerprint density at radius 2 is 1.83 bits per heavy atom. The van der Waals surface area contributed by atoms with Crippen LogP contribution in [0.25, 0.3) is 0 Å². The molecule has 1 aliphatic heterocycles. The molecule has 0 amide bonds. The van der Waals surface area contributed by atoms with Gasteiger partial charge in [0.2, 0.25) is 0 Å². The van der Waals surface area contributed by atoms with Crippen LogP contribution in [-0.4, -0.2) is 50.7 Å². The lowest BCUT2D eigenvalue weighted by Crippen LogP contribution is -3.15. The standard InChI is InChI=1S/C20H33NO3/c1-15-9-16(2)12-21(11-15)13-19(22)14-23-7-8-24-20-6-5-17(3)18(4)10-20/h5-6,10,15-16,19,22H,7-9,11-14H2,1-4H3/p+1/t15-,16+,19-/m1/s1. The summed E-state index contributed by atoms with van der Waals surface area (Å²) in [6, 6.07) is 6.10. The maximum atomic E-state index is 10.2. The quantitative estimate of drug-likeness (QED) is 0.709. The van der Waals surface area contributed by atoms with Crippen LogP contribution >= 0.6 is 0 Å². The van der Waals surface area contributed by atoms with E-state index >= 15 is 0 Å². The van der Waals surface area contributed by atoms with Gasteiger partial charge >= 0.3 is 0 Å². The zero-order valence-electron chi connectivity index (χ0n) is 15.7. The second kappa shape index (κ2) is 9.40. The molecule has 1 unspecified atom stereocenters. The summed E-state index contributed by atoms with van der Waals surface area (Å²) in [6.45, 7) is 13.3. The lowest BCUT2D eigenvalue weighted by molar-refractivity contribution is -0.915. The molecule has 0 aliphatic carbocycles. The first-order chi connectivity index (χ1) is 11.4. The summed E-state index contributed by atoms with van der Waals surface area (Å²) >= 11 is 0. The van der Waals surface area contributed by atoms with Crippen LogP contribution in [0.2, 0.25) is 0 Å². The first kappa shape index (κ1) is 19.2. The zero-order chi connectivity index (χ0) is 17.5. The third-order valence-corrected chi connectivity index (χ3v) is 4.89. The fourth-order valence-corrected chi connectivity index (χ4v) is 3.72. The first-order valence-electron chi connectivity index (χ1n) is 9.23. The summed E-state index contributed by atoms with van der Waals surface area (Å²) in [4.78, 5) is 1.50. The van der Waals surface area contributed by atoms with Gasteiger partial charge in [0.05, 0.1) is 26.3 Å². The largest absolute Gasteiger partial charge is 0.491 e. The fourth-order valence-electron chi connectivity index (χ4n) is 3.72. The van der Waals surface area contributed by atoms with Crippen molar-refractivity contribution in [2.75, 3.05) is 39.5 Å².